The zero-order valence-corrected chi connectivity index (χ0v) is 10.1. The van der Waals surface area contributed by atoms with Crippen LogP contribution in [-0.2, 0) is 14.2 Å². The first-order chi connectivity index (χ1) is 9.16. The van der Waals surface area contributed by atoms with Crippen LogP contribution >= 0.6 is 0 Å². The Labute approximate surface area is 110 Å². The van der Waals surface area contributed by atoms with Crippen LogP contribution in [0.15, 0.2) is 30.3 Å². The van der Waals surface area contributed by atoms with Crippen molar-refractivity contribution in [2.75, 3.05) is 6.61 Å². The summed E-state index contributed by atoms with van der Waals surface area (Å²) in [5, 5.41) is 29.0. The first-order valence-corrected chi connectivity index (χ1v) is 6.18. The van der Waals surface area contributed by atoms with Crippen molar-refractivity contribution >= 4 is 0 Å². The Morgan fingerprint density at radius 1 is 0.947 bits per heavy atom. The SMILES string of the molecule is OC1O[C@@H]2CO[C@@H](c3ccccc3)OC2[C@H](O)[C@H]1O. The number of fused-ring (bicyclic) bond motifs is 1. The van der Waals surface area contributed by atoms with Gasteiger partial charge in [0.2, 0.25) is 0 Å². The minimum Gasteiger partial charge on any atom is -0.387 e. The van der Waals surface area contributed by atoms with Crippen LogP contribution in [0.5, 0.6) is 0 Å². The zero-order valence-electron chi connectivity index (χ0n) is 10.1. The molecule has 6 nitrogen and oxygen atoms in total. The molecular weight excluding hydrogens is 252 g/mol. The first-order valence-electron chi connectivity index (χ1n) is 6.18. The second-order valence-corrected chi connectivity index (χ2v) is 4.72. The molecule has 3 N–H and O–H groups in total. The van der Waals surface area contributed by atoms with E-state index < -0.39 is 37.0 Å². The maximum absolute atomic E-state index is 9.94. The Kier molecular flexibility index (Phi) is 3.53. The summed E-state index contributed by atoms with van der Waals surface area (Å²) >= 11 is 0. The Morgan fingerprint density at radius 3 is 2.42 bits per heavy atom. The minimum absolute atomic E-state index is 0.186. The highest BCUT2D eigenvalue weighted by molar-refractivity contribution is 5.16. The minimum atomic E-state index is -1.42. The molecule has 2 aliphatic heterocycles. The highest BCUT2D eigenvalue weighted by Crippen LogP contribution is 2.33. The van der Waals surface area contributed by atoms with Gasteiger partial charge in [-0.1, -0.05) is 30.3 Å². The second-order valence-electron chi connectivity index (χ2n) is 4.72. The molecule has 1 aromatic rings. The lowest BCUT2D eigenvalue weighted by Crippen LogP contribution is -2.61. The molecule has 0 bridgehead atoms. The van der Waals surface area contributed by atoms with Gasteiger partial charge in [0.1, 0.15) is 24.4 Å². The van der Waals surface area contributed by atoms with Gasteiger partial charge >= 0.3 is 0 Å². The fourth-order valence-corrected chi connectivity index (χ4v) is 2.37. The van der Waals surface area contributed by atoms with Gasteiger partial charge in [-0.3, -0.25) is 0 Å². The highest BCUT2D eigenvalue weighted by atomic mass is 16.7. The maximum atomic E-state index is 9.94. The number of rotatable bonds is 1. The molecule has 2 saturated heterocycles. The molecule has 0 amide bonds. The van der Waals surface area contributed by atoms with E-state index in [4.69, 9.17) is 14.2 Å². The lowest BCUT2D eigenvalue weighted by Gasteiger charge is -2.45. The predicted molar refractivity (Wildman–Crippen MR) is 62.9 cm³/mol. The van der Waals surface area contributed by atoms with E-state index >= 15 is 0 Å². The van der Waals surface area contributed by atoms with E-state index in [2.05, 4.69) is 0 Å². The molecule has 19 heavy (non-hydrogen) atoms. The van der Waals surface area contributed by atoms with Crippen LogP contribution in [0.4, 0.5) is 0 Å². The first kappa shape index (κ1) is 13.0. The van der Waals surface area contributed by atoms with Gasteiger partial charge in [-0.15, -0.1) is 0 Å². The Morgan fingerprint density at radius 2 is 1.68 bits per heavy atom. The van der Waals surface area contributed by atoms with Crippen LogP contribution in [0.1, 0.15) is 11.9 Å². The molecule has 3 rings (SSSR count). The van der Waals surface area contributed by atoms with Gasteiger partial charge in [-0.2, -0.15) is 0 Å². The molecule has 2 fully saturated rings. The molecule has 2 heterocycles. The monoisotopic (exact) mass is 268 g/mol. The smallest absolute Gasteiger partial charge is 0.184 e. The van der Waals surface area contributed by atoms with Crippen molar-refractivity contribution < 1.29 is 29.5 Å². The van der Waals surface area contributed by atoms with E-state index in [-0.39, 0.29) is 6.61 Å². The van der Waals surface area contributed by atoms with Crippen molar-refractivity contribution in [3.63, 3.8) is 0 Å². The Bertz CT molecular complexity index is 422. The van der Waals surface area contributed by atoms with Crippen LogP contribution < -0.4 is 0 Å². The van der Waals surface area contributed by atoms with Crippen molar-refractivity contribution in [2.45, 2.75) is 37.0 Å². The summed E-state index contributed by atoms with van der Waals surface area (Å²) in [7, 11) is 0. The molecule has 2 unspecified atom stereocenters. The summed E-state index contributed by atoms with van der Waals surface area (Å²) in [4.78, 5) is 0. The third-order valence-electron chi connectivity index (χ3n) is 3.42. The molecule has 104 valence electrons. The average Bonchev–Trinajstić information content (AvgIpc) is 2.46. The molecule has 0 radical (unpaired) electrons. The summed E-state index contributed by atoms with van der Waals surface area (Å²) in [5.41, 5.74) is 0.828. The number of aliphatic hydroxyl groups is 3. The normalized spacial score (nSPS) is 42.7. The fraction of sp³-hybridized carbons (Fsp3) is 0.538. The second kappa shape index (κ2) is 5.16. The summed E-state index contributed by atoms with van der Waals surface area (Å²) in [6.07, 6.45) is -5.93. The summed E-state index contributed by atoms with van der Waals surface area (Å²) < 4.78 is 16.3. The van der Waals surface area contributed by atoms with Crippen molar-refractivity contribution in [3.8, 4) is 0 Å². The van der Waals surface area contributed by atoms with E-state index in [1.807, 2.05) is 30.3 Å². The molecule has 0 aliphatic carbocycles. The average molecular weight is 268 g/mol. The van der Waals surface area contributed by atoms with Gasteiger partial charge in [0.25, 0.3) is 0 Å². The van der Waals surface area contributed by atoms with Gasteiger partial charge in [0, 0.05) is 5.56 Å². The van der Waals surface area contributed by atoms with Crippen LogP contribution in [0.3, 0.4) is 0 Å². The van der Waals surface area contributed by atoms with Crippen molar-refractivity contribution in [3.05, 3.63) is 35.9 Å². The van der Waals surface area contributed by atoms with Crippen molar-refractivity contribution in [1.29, 1.82) is 0 Å². The van der Waals surface area contributed by atoms with Crippen molar-refractivity contribution in [2.24, 2.45) is 0 Å². The maximum Gasteiger partial charge on any atom is 0.184 e. The number of ether oxygens (including phenoxy) is 3. The zero-order chi connectivity index (χ0) is 13.4. The molecule has 6 atom stereocenters. The largest absolute Gasteiger partial charge is 0.387 e. The summed E-state index contributed by atoms with van der Waals surface area (Å²) in [6.45, 7) is 0.186. The molecular formula is C13H16O6. The van der Waals surface area contributed by atoms with Crippen LogP contribution in [-0.4, -0.2) is 52.6 Å². The number of aliphatic hydroxyl groups excluding tert-OH is 3. The molecule has 0 aromatic heterocycles. The number of hydrogen-bond acceptors (Lipinski definition) is 6. The van der Waals surface area contributed by atoms with Gasteiger partial charge in [-0.25, -0.2) is 0 Å². The van der Waals surface area contributed by atoms with E-state index in [9.17, 15) is 15.3 Å². The molecule has 0 saturated carbocycles. The third-order valence-corrected chi connectivity index (χ3v) is 3.42. The van der Waals surface area contributed by atoms with Gasteiger partial charge in [0.15, 0.2) is 12.6 Å². The quantitative estimate of drug-likeness (QED) is 0.639. The van der Waals surface area contributed by atoms with Gasteiger partial charge in [0.05, 0.1) is 6.61 Å². The van der Waals surface area contributed by atoms with Crippen molar-refractivity contribution in [1.82, 2.24) is 0 Å². The molecule has 1 aromatic carbocycles. The van der Waals surface area contributed by atoms with E-state index in [0.717, 1.165) is 5.56 Å². The molecule has 6 heteroatoms. The Hall–Kier alpha value is -1.02. The van der Waals surface area contributed by atoms with E-state index in [1.54, 1.807) is 0 Å². The number of benzene rings is 1. The number of hydrogen-bond donors (Lipinski definition) is 3. The van der Waals surface area contributed by atoms with Crippen LogP contribution in [0, 0.1) is 0 Å². The summed E-state index contributed by atoms with van der Waals surface area (Å²) in [6, 6.07) is 9.31. The molecule has 2 aliphatic rings. The fourth-order valence-electron chi connectivity index (χ4n) is 2.37. The van der Waals surface area contributed by atoms with Gasteiger partial charge in [-0.05, 0) is 0 Å². The topological polar surface area (TPSA) is 88.4 Å². The summed E-state index contributed by atoms with van der Waals surface area (Å²) in [5.74, 6) is 0. The Balaban J connectivity index is 1.75. The van der Waals surface area contributed by atoms with E-state index in [0.29, 0.717) is 0 Å². The highest BCUT2D eigenvalue weighted by Gasteiger charge is 2.48. The predicted octanol–water partition coefficient (Wildman–Crippen LogP) is -0.460. The lowest BCUT2D eigenvalue weighted by atomic mass is 9.98. The third kappa shape index (κ3) is 2.38. The van der Waals surface area contributed by atoms with Crippen LogP contribution in [0.2, 0.25) is 0 Å². The van der Waals surface area contributed by atoms with Gasteiger partial charge < -0.3 is 29.5 Å². The van der Waals surface area contributed by atoms with Crippen LogP contribution in [0.25, 0.3) is 0 Å². The van der Waals surface area contributed by atoms with E-state index in [1.165, 1.54) is 0 Å². The standard InChI is InChI=1S/C13H16O6/c14-9-10(15)12(16)18-8-6-17-13(19-11(8)9)7-4-2-1-3-5-7/h1-5,8-16H,6H2/t8-,9-,10-,11?,12?,13-/m1/s1. The molecule has 0 spiro atoms. The lowest BCUT2D eigenvalue weighted by molar-refractivity contribution is -0.354.